The highest BCUT2D eigenvalue weighted by molar-refractivity contribution is 7.17. The molecule has 150 valence electrons. The quantitative estimate of drug-likeness (QED) is 0.702. The van der Waals surface area contributed by atoms with Crippen molar-refractivity contribution in [3.05, 3.63) is 53.4 Å². The van der Waals surface area contributed by atoms with Gasteiger partial charge in [-0.2, -0.15) is 0 Å². The van der Waals surface area contributed by atoms with E-state index in [-0.39, 0.29) is 12.7 Å². The second-order valence-electron chi connectivity index (χ2n) is 7.34. The van der Waals surface area contributed by atoms with E-state index in [1.165, 1.54) is 15.8 Å². The van der Waals surface area contributed by atoms with Gasteiger partial charge in [-0.3, -0.25) is 9.69 Å². The van der Waals surface area contributed by atoms with Crippen molar-refractivity contribution in [3.8, 4) is 11.5 Å². The molecule has 0 saturated carbocycles. The Labute approximate surface area is 173 Å². The summed E-state index contributed by atoms with van der Waals surface area (Å²) in [5, 5.41) is 6.49. The SMILES string of the molecule is O=C(CN1CCN(c2cccc3sccc23)CC1)NCc1ccc2c(c1)OCO2. The average molecular weight is 410 g/mol. The minimum atomic E-state index is 0.0519. The minimum absolute atomic E-state index is 0.0519. The number of benzene rings is 2. The van der Waals surface area contributed by atoms with Crippen LogP contribution in [0.25, 0.3) is 10.1 Å². The minimum Gasteiger partial charge on any atom is -0.454 e. The number of hydrogen-bond acceptors (Lipinski definition) is 6. The molecule has 1 saturated heterocycles. The normalized spacial score (nSPS) is 16.3. The molecule has 29 heavy (non-hydrogen) atoms. The number of nitrogens with zero attached hydrogens (tertiary/aromatic N) is 2. The predicted octanol–water partition coefficient (Wildman–Crippen LogP) is 3.07. The predicted molar refractivity (Wildman–Crippen MR) is 115 cm³/mol. The third-order valence-corrected chi connectivity index (χ3v) is 6.36. The maximum absolute atomic E-state index is 12.4. The summed E-state index contributed by atoms with van der Waals surface area (Å²) < 4.78 is 12.0. The van der Waals surface area contributed by atoms with Crippen molar-refractivity contribution < 1.29 is 14.3 Å². The number of carbonyl (C=O) groups is 1. The summed E-state index contributed by atoms with van der Waals surface area (Å²) in [5.41, 5.74) is 2.31. The zero-order valence-electron chi connectivity index (χ0n) is 16.1. The molecule has 2 aromatic carbocycles. The highest BCUT2D eigenvalue weighted by atomic mass is 32.1. The Hall–Kier alpha value is -2.77. The van der Waals surface area contributed by atoms with Gasteiger partial charge in [0.25, 0.3) is 0 Å². The maximum Gasteiger partial charge on any atom is 0.234 e. The van der Waals surface area contributed by atoms with Crippen LogP contribution in [0.2, 0.25) is 0 Å². The molecule has 1 amide bonds. The van der Waals surface area contributed by atoms with Gasteiger partial charge in [-0.25, -0.2) is 0 Å². The van der Waals surface area contributed by atoms with Gasteiger partial charge in [0.05, 0.1) is 6.54 Å². The number of ether oxygens (including phenoxy) is 2. The van der Waals surface area contributed by atoms with E-state index in [0.717, 1.165) is 43.2 Å². The molecular weight excluding hydrogens is 386 g/mol. The molecule has 5 rings (SSSR count). The first-order chi connectivity index (χ1) is 14.3. The van der Waals surface area contributed by atoms with Crippen molar-refractivity contribution in [1.29, 1.82) is 0 Å². The van der Waals surface area contributed by atoms with Crippen LogP contribution >= 0.6 is 11.3 Å². The van der Waals surface area contributed by atoms with Crippen LogP contribution in [0.4, 0.5) is 5.69 Å². The largest absolute Gasteiger partial charge is 0.454 e. The first-order valence-corrected chi connectivity index (χ1v) is 10.7. The molecular formula is C22H23N3O3S. The second kappa shape index (κ2) is 7.93. The zero-order valence-corrected chi connectivity index (χ0v) is 16.9. The Kier molecular flexibility index (Phi) is 4.99. The second-order valence-corrected chi connectivity index (χ2v) is 8.28. The summed E-state index contributed by atoms with van der Waals surface area (Å²) in [6.07, 6.45) is 0. The standard InChI is InChI=1S/C22H23N3O3S/c26-22(23-13-16-4-5-19-20(12-16)28-15-27-19)14-24-7-9-25(10-8-24)18-2-1-3-21-17(18)6-11-29-21/h1-6,11-12H,7-10,13-15H2,(H,23,26). The van der Waals surface area contributed by atoms with E-state index in [2.05, 4.69) is 44.8 Å². The van der Waals surface area contributed by atoms with E-state index in [1.807, 2.05) is 18.2 Å². The van der Waals surface area contributed by atoms with E-state index >= 15 is 0 Å². The lowest BCUT2D eigenvalue weighted by molar-refractivity contribution is -0.122. The van der Waals surface area contributed by atoms with Gasteiger partial charge in [0.2, 0.25) is 12.7 Å². The molecule has 0 atom stereocenters. The van der Waals surface area contributed by atoms with Crippen molar-refractivity contribution >= 4 is 33.0 Å². The van der Waals surface area contributed by atoms with Crippen molar-refractivity contribution in [2.75, 3.05) is 44.4 Å². The van der Waals surface area contributed by atoms with Crippen molar-refractivity contribution in [2.45, 2.75) is 6.54 Å². The van der Waals surface area contributed by atoms with Crippen LogP contribution in [0.3, 0.4) is 0 Å². The molecule has 0 radical (unpaired) electrons. The smallest absolute Gasteiger partial charge is 0.234 e. The van der Waals surface area contributed by atoms with E-state index < -0.39 is 0 Å². The van der Waals surface area contributed by atoms with E-state index in [9.17, 15) is 4.79 Å². The molecule has 2 aliphatic rings. The number of amides is 1. The number of hydrogen-bond donors (Lipinski definition) is 1. The molecule has 0 bridgehead atoms. The molecule has 7 heteroatoms. The van der Waals surface area contributed by atoms with Crippen molar-refractivity contribution in [2.24, 2.45) is 0 Å². The van der Waals surface area contributed by atoms with E-state index in [1.54, 1.807) is 11.3 Å². The number of carbonyl (C=O) groups excluding carboxylic acids is 1. The highest BCUT2D eigenvalue weighted by Crippen LogP contribution is 2.32. The van der Waals surface area contributed by atoms with Crippen LogP contribution in [0.5, 0.6) is 11.5 Å². The summed E-state index contributed by atoms with van der Waals surface area (Å²) in [6.45, 7) is 4.83. The molecule has 0 spiro atoms. The summed E-state index contributed by atoms with van der Waals surface area (Å²) in [5.74, 6) is 1.56. The number of piperazine rings is 1. The van der Waals surface area contributed by atoms with Crippen LogP contribution in [-0.2, 0) is 11.3 Å². The average Bonchev–Trinajstić information content (AvgIpc) is 3.41. The van der Waals surface area contributed by atoms with Gasteiger partial charge in [0.1, 0.15) is 0 Å². The Morgan fingerprint density at radius 3 is 2.79 bits per heavy atom. The fourth-order valence-electron chi connectivity index (χ4n) is 3.91. The van der Waals surface area contributed by atoms with E-state index in [4.69, 9.17) is 9.47 Å². The van der Waals surface area contributed by atoms with Gasteiger partial charge in [-0.05, 0) is 41.3 Å². The summed E-state index contributed by atoms with van der Waals surface area (Å²) in [6, 6.07) is 14.5. The first kappa shape index (κ1) is 18.3. The van der Waals surface area contributed by atoms with Gasteiger partial charge >= 0.3 is 0 Å². The fraction of sp³-hybridized carbons (Fsp3) is 0.318. The molecule has 3 aromatic rings. The third kappa shape index (κ3) is 3.88. The Morgan fingerprint density at radius 1 is 1.03 bits per heavy atom. The number of nitrogens with one attached hydrogen (secondary N) is 1. The van der Waals surface area contributed by atoms with Gasteiger partial charge in [0.15, 0.2) is 11.5 Å². The summed E-state index contributed by atoms with van der Waals surface area (Å²) >= 11 is 1.78. The number of rotatable bonds is 5. The van der Waals surface area contributed by atoms with Crippen LogP contribution < -0.4 is 19.7 Å². The molecule has 6 nitrogen and oxygen atoms in total. The lowest BCUT2D eigenvalue weighted by atomic mass is 10.2. The van der Waals surface area contributed by atoms with Crippen LogP contribution in [-0.4, -0.2) is 50.3 Å². The fourth-order valence-corrected chi connectivity index (χ4v) is 4.72. The Morgan fingerprint density at radius 2 is 1.90 bits per heavy atom. The van der Waals surface area contributed by atoms with Crippen molar-refractivity contribution in [3.63, 3.8) is 0 Å². The molecule has 1 fully saturated rings. The highest BCUT2D eigenvalue weighted by Gasteiger charge is 2.20. The molecule has 0 aliphatic carbocycles. The monoisotopic (exact) mass is 409 g/mol. The third-order valence-electron chi connectivity index (χ3n) is 5.48. The molecule has 0 unspecified atom stereocenters. The van der Waals surface area contributed by atoms with Gasteiger partial charge in [-0.15, -0.1) is 11.3 Å². The van der Waals surface area contributed by atoms with Crippen LogP contribution in [0.1, 0.15) is 5.56 Å². The Bertz CT molecular complexity index is 1030. The zero-order chi connectivity index (χ0) is 19.6. The van der Waals surface area contributed by atoms with Crippen molar-refractivity contribution in [1.82, 2.24) is 10.2 Å². The molecule has 1 N–H and O–H groups in total. The summed E-state index contributed by atoms with van der Waals surface area (Å²) in [4.78, 5) is 17.0. The maximum atomic E-state index is 12.4. The molecule has 2 aliphatic heterocycles. The lowest BCUT2D eigenvalue weighted by Crippen LogP contribution is -2.49. The Balaban J connectivity index is 1.12. The van der Waals surface area contributed by atoms with Crippen LogP contribution in [0.15, 0.2) is 47.8 Å². The van der Waals surface area contributed by atoms with Crippen LogP contribution in [0, 0.1) is 0 Å². The first-order valence-electron chi connectivity index (χ1n) is 9.85. The molecule has 1 aromatic heterocycles. The van der Waals surface area contributed by atoms with Gasteiger partial charge in [0, 0.05) is 48.5 Å². The topological polar surface area (TPSA) is 54.0 Å². The summed E-state index contributed by atoms with van der Waals surface area (Å²) in [7, 11) is 0. The number of thiophene rings is 1. The van der Waals surface area contributed by atoms with E-state index in [0.29, 0.717) is 13.1 Å². The number of fused-ring (bicyclic) bond motifs is 2. The number of anilines is 1. The van der Waals surface area contributed by atoms with Gasteiger partial charge < -0.3 is 19.7 Å². The lowest BCUT2D eigenvalue weighted by Gasteiger charge is -2.36. The molecule has 3 heterocycles. The van der Waals surface area contributed by atoms with Gasteiger partial charge in [-0.1, -0.05) is 12.1 Å².